The number of amides is 4. The summed E-state index contributed by atoms with van der Waals surface area (Å²) in [5.41, 5.74) is 0.570. The molecular weight excluding hydrogens is 338 g/mol. The third-order valence-corrected chi connectivity index (χ3v) is 3.76. The predicted octanol–water partition coefficient (Wildman–Crippen LogP) is 1.77. The highest BCUT2D eigenvalue weighted by Crippen LogP contribution is 2.33. The molecule has 0 aliphatic carbocycles. The molecule has 1 N–H and O–H groups in total. The first-order chi connectivity index (χ1) is 12.6. The largest absolute Gasteiger partial charge is 0.493 e. The Labute approximate surface area is 149 Å². The number of para-hydroxylation sites is 1. The summed E-state index contributed by atoms with van der Waals surface area (Å²) in [6.45, 7) is 0. The maximum Gasteiger partial charge on any atom is 0.335 e. The molecule has 2 heterocycles. The van der Waals surface area contributed by atoms with Gasteiger partial charge in [0.2, 0.25) is 0 Å². The number of pyridine rings is 1. The number of rotatable bonds is 4. The number of imide groups is 2. The van der Waals surface area contributed by atoms with Crippen molar-refractivity contribution in [2.45, 2.75) is 0 Å². The number of barbiturate groups is 1. The molecule has 0 unspecified atom stereocenters. The van der Waals surface area contributed by atoms with Crippen molar-refractivity contribution in [1.82, 2.24) is 10.3 Å². The summed E-state index contributed by atoms with van der Waals surface area (Å²) in [7, 11) is 2.94. The maximum absolute atomic E-state index is 12.8. The average molecular weight is 353 g/mol. The van der Waals surface area contributed by atoms with E-state index in [1.165, 1.54) is 44.8 Å². The van der Waals surface area contributed by atoms with Gasteiger partial charge in [0, 0.05) is 18.0 Å². The molecule has 0 spiro atoms. The van der Waals surface area contributed by atoms with Gasteiger partial charge in [-0.3, -0.25) is 19.9 Å². The Morgan fingerprint density at radius 3 is 2.42 bits per heavy atom. The minimum atomic E-state index is -0.819. The summed E-state index contributed by atoms with van der Waals surface area (Å²) < 4.78 is 10.5. The topological polar surface area (TPSA) is 97.8 Å². The fourth-order valence-corrected chi connectivity index (χ4v) is 2.57. The predicted molar refractivity (Wildman–Crippen MR) is 92.8 cm³/mol. The smallest absolute Gasteiger partial charge is 0.335 e. The van der Waals surface area contributed by atoms with Gasteiger partial charge < -0.3 is 9.47 Å². The quantitative estimate of drug-likeness (QED) is 0.664. The molecule has 1 saturated heterocycles. The van der Waals surface area contributed by atoms with Gasteiger partial charge in [-0.15, -0.1) is 0 Å². The second-order valence-corrected chi connectivity index (χ2v) is 5.25. The number of nitrogens with one attached hydrogen (secondary N) is 1. The third-order valence-electron chi connectivity index (χ3n) is 3.76. The van der Waals surface area contributed by atoms with Crippen LogP contribution in [0.3, 0.4) is 0 Å². The van der Waals surface area contributed by atoms with Gasteiger partial charge in [0.15, 0.2) is 11.5 Å². The molecule has 0 atom stereocenters. The van der Waals surface area contributed by atoms with Gasteiger partial charge in [0.1, 0.15) is 5.57 Å². The number of ether oxygens (including phenoxy) is 2. The van der Waals surface area contributed by atoms with Crippen LogP contribution < -0.4 is 19.7 Å². The molecule has 0 saturated carbocycles. The van der Waals surface area contributed by atoms with Crippen molar-refractivity contribution in [3.05, 3.63) is 53.9 Å². The molecule has 1 aliphatic rings. The number of urea groups is 1. The lowest BCUT2D eigenvalue weighted by molar-refractivity contribution is -0.122. The molecule has 8 nitrogen and oxygen atoms in total. The summed E-state index contributed by atoms with van der Waals surface area (Å²) in [6.07, 6.45) is 4.25. The van der Waals surface area contributed by atoms with E-state index in [0.29, 0.717) is 22.7 Å². The molecule has 8 heteroatoms. The van der Waals surface area contributed by atoms with Gasteiger partial charge in [-0.1, -0.05) is 12.1 Å². The summed E-state index contributed by atoms with van der Waals surface area (Å²) in [6, 6.07) is 7.23. The summed E-state index contributed by atoms with van der Waals surface area (Å²) >= 11 is 0. The number of methoxy groups -OCH3 is 2. The molecule has 132 valence electrons. The van der Waals surface area contributed by atoms with Crippen LogP contribution in [0.4, 0.5) is 10.5 Å². The van der Waals surface area contributed by atoms with Crippen LogP contribution >= 0.6 is 0 Å². The highest BCUT2D eigenvalue weighted by atomic mass is 16.5. The molecule has 0 bridgehead atoms. The Hall–Kier alpha value is -3.68. The highest BCUT2D eigenvalue weighted by molar-refractivity contribution is 6.39. The van der Waals surface area contributed by atoms with Crippen LogP contribution in [0.2, 0.25) is 0 Å². The van der Waals surface area contributed by atoms with Crippen LogP contribution in [0.25, 0.3) is 6.08 Å². The molecule has 1 aliphatic heterocycles. The highest BCUT2D eigenvalue weighted by Gasteiger charge is 2.37. The Balaban J connectivity index is 2.07. The number of hydrogen-bond donors (Lipinski definition) is 1. The van der Waals surface area contributed by atoms with Gasteiger partial charge in [-0.2, -0.15) is 0 Å². The number of aromatic nitrogens is 1. The third kappa shape index (κ3) is 3.00. The lowest BCUT2D eigenvalue weighted by Gasteiger charge is -2.26. The Kier molecular flexibility index (Phi) is 4.66. The zero-order valence-electron chi connectivity index (χ0n) is 14.1. The van der Waals surface area contributed by atoms with E-state index in [4.69, 9.17) is 9.47 Å². The first kappa shape index (κ1) is 17.2. The van der Waals surface area contributed by atoms with E-state index in [1.807, 2.05) is 0 Å². The fourth-order valence-electron chi connectivity index (χ4n) is 2.57. The summed E-state index contributed by atoms with van der Waals surface area (Å²) in [5, 5.41) is 2.16. The van der Waals surface area contributed by atoms with Crippen molar-refractivity contribution in [2.75, 3.05) is 19.1 Å². The standard InChI is InChI=1S/C18H15N3O5/c1-25-14-5-3-4-11(15(14)26-2)10-13-16(22)20-18(24)21(17(13)23)12-6-8-19-9-7-12/h3-10H,1-2H3,(H,20,22,24)/b13-10+. The minimum Gasteiger partial charge on any atom is -0.493 e. The average Bonchev–Trinajstić information content (AvgIpc) is 2.65. The van der Waals surface area contributed by atoms with E-state index in [1.54, 1.807) is 18.2 Å². The molecule has 26 heavy (non-hydrogen) atoms. The lowest BCUT2D eigenvalue weighted by Crippen LogP contribution is -2.54. The van der Waals surface area contributed by atoms with Crippen LogP contribution in [-0.4, -0.2) is 37.0 Å². The number of hydrogen-bond acceptors (Lipinski definition) is 6. The van der Waals surface area contributed by atoms with Crippen molar-refractivity contribution in [3.63, 3.8) is 0 Å². The van der Waals surface area contributed by atoms with E-state index in [0.717, 1.165) is 4.90 Å². The van der Waals surface area contributed by atoms with Gasteiger partial charge in [0.25, 0.3) is 11.8 Å². The first-order valence-corrected chi connectivity index (χ1v) is 7.59. The Bertz CT molecular complexity index is 908. The van der Waals surface area contributed by atoms with Crippen molar-refractivity contribution in [3.8, 4) is 11.5 Å². The number of carbonyl (C=O) groups excluding carboxylic acids is 3. The van der Waals surface area contributed by atoms with Crippen molar-refractivity contribution in [1.29, 1.82) is 0 Å². The number of anilines is 1. The number of nitrogens with zero attached hydrogens (tertiary/aromatic N) is 2. The second-order valence-electron chi connectivity index (χ2n) is 5.25. The van der Waals surface area contributed by atoms with Crippen LogP contribution in [0.5, 0.6) is 11.5 Å². The minimum absolute atomic E-state index is 0.201. The molecule has 3 rings (SSSR count). The molecule has 4 amide bonds. The summed E-state index contributed by atoms with van der Waals surface area (Å²) in [4.78, 5) is 41.9. The monoisotopic (exact) mass is 353 g/mol. The zero-order chi connectivity index (χ0) is 18.7. The fraction of sp³-hybridized carbons (Fsp3) is 0.111. The molecule has 0 radical (unpaired) electrons. The van der Waals surface area contributed by atoms with Gasteiger partial charge in [0.05, 0.1) is 19.9 Å². The van der Waals surface area contributed by atoms with Crippen LogP contribution in [0, 0.1) is 0 Å². The first-order valence-electron chi connectivity index (χ1n) is 7.59. The SMILES string of the molecule is COc1cccc(/C=C2\C(=O)NC(=O)N(c3ccncc3)C2=O)c1OC. The van der Waals surface area contributed by atoms with E-state index in [-0.39, 0.29) is 5.57 Å². The van der Waals surface area contributed by atoms with Gasteiger partial charge in [-0.05, 0) is 24.3 Å². The van der Waals surface area contributed by atoms with E-state index in [2.05, 4.69) is 10.3 Å². The molecular formula is C18H15N3O5. The maximum atomic E-state index is 12.8. The molecule has 1 fully saturated rings. The van der Waals surface area contributed by atoms with E-state index in [9.17, 15) is 14.4 Å². The second kappa shape index (κ2) is 7.06. The van der Waals surface area contributed by atoms with Crippen LogP contribution in [0.15, 0.2) is 48.3 Å². The normalized spacial score (nSPS) is 15.8. The van der Waals surface area contributed by atoms with Crippen molar-refractivity contribution < 1.29 is 23.9 Å². The zero-order valence-corrected chi connectivity index (χ0v) is 14.1. The molecule has 1 aromatic heterocycles. The van der Waals surface area contributed by atoms with E-state index >= 15 is 0 Å². The Morgan fingerprint density at radius 2 is 1.77 bits per heavy atom. The number of carbonyl (C=O) groups is 3. The van der Waals surface area contributed by atoms with E-state index < -0.39 is 17.8 Å². The van der Waals surface area contributed by atoms with Gasteiger partial charge in [-0.25, -0.2) is 9.69 Å². The van der Waals surface area contributed by atoms with Crippen molar-refractivity contribution in [2.24, 2.45) is 0 Å². The summed E-state index contributed by atoms with van der Waals surface area (Å²) in [5.74, 6) is -0.701. The lowest BCUT2D eigenvalue weighted by atomic mass is 10.1. The molecule has 1 aromatic carbocycles. The van der Waals surface area contributed by atoms with Crippen molar-refractivity contribution >= 4 is 29.6 Å². The Morgan fingerprint density at radius 1 is 1.04 bits per heavy atom. The van der Waals surface area contributed by atoms with Gasteiger partial charge >= 0.3 is 6.03 Å². The number of benzene rings is 1. The van der Waals surface area contributed by atoms with Crippen LogP contribution in [-0.2, 0) is 9.59 Å². The molecule has 2 aromatic rings. The van der Waals surface area contributed by atoms with Crippen LogP contribution in [0.1, 0.15) is 5.56 Å².